The first-order valence-corrected chi connectivity index (χ1v) is 4.94. The topological polar surface area (TPSA) is 47.6 Å². The molecule has 1 saturated carbocycles. The number of ether oxygens (including phenoxy) is 2. The van der Waals surface area contributed by atoms with Crippen LogP contribution in [0.4, 0.5) is 4.79 Å². The third kappa shape index (κ3) is 3.18. The number of carbonyl (C=O) groups is 1. The predicted molar refractivity (Wildman–Crippen MR) is 53.2 cm³/mol. The number of carbonyl (C=O) groups excluding carboxylic acids is 1. The molecule has 0 aromatic heterocycles. The first-order chi connectivity index (χ1) is 6.42. The Kier molecular flexibility index (Phi) is 3.37. The van der Waals surface area contributed by atoms with Gasteiger partial charge in [0.1, 0.15) is 5.60 Å². The zero-order chi connectivity index (χ0) is 10.8. The van der Waals surface area contributed by atoms with Crippen LogP contribution in [0.15, 0.2) is 0 Å². The van der Waals surface area contributed by atoms with Gasteiger partial charge in [-0.15, -0.1) is 0 Å². The summed E-state index contributed by atoms with van der Waals surface area (Å²) in [6, 6.07) is 0.120. The Hall–Kier alpha value is -0.770. The number of amides is 1. The van der Waals surface area contributed by atoms with E-state index in [1.165, 1.54) is 0 Å². The van der Waals surface area contributed by atoms with Gasteiger partial charge in [0.25, 0.3) is 0 Å². The molecule has 0 aliphatic heterocycles. The van der Waals surface area contributed by atoms with Crippen LogP contribution < -0.4 is 5.32 Å². The molecular formula is C10H19NO3. The van der Waals surface area contributed by atoms with Crippen LogP contribution in [0.25, 0.3) is 0 Å². The molecule has 1 aliphatic carbocycles. The molecule has 4 heteroatoms. The van der Waals surface area contributed by atoms with Crippen molar-refractivity contribution in [2.75, 3.05) is 7.11 Å². The smallest absolute Gasteiger partial charge is 0.407 e. The summed E-state index contributed by atoms with van der Waals surface area (Å²) in [4.78, 5) is 11.3. The molecule has 0 bridgehead atoms. The van der Waals surface area contributed by atoms with Crippen LogP contribution in [0.1, 0.15) is 33.6 Å². The van der Waals surface area contributed by atoms with Crippen molar-refractivity contribution in [1.82, 2.24) is 5.32 Å². The second kappa shape index (κ2) is 4.17. The first-order valence-electron chi connectivity index (χ1n) is 4.94. The molecule has 0 heterocycles. The van der Waals surface area contributed by atoms with Crippen LogP contribution in [0.3, 0.4) is 0 Å². The van der Waals surface area contributed by atoms with Crippen molar-refractivity contribution in [2.45, 2.75) is 51.4 Å². The number of methoxy groups -OCH3 is 1. The molecule has 1 amide bonds. The Labute approximate surface area is 85.0 Å². The molecule has 1 fully saturated rings. The zero-order valence-electron chi connectivity index (χ0n) is 9.29. The second-order valence-electron chi connectivity index (χ2n) is 4.60. The molecule has 1 rings (SSSR count). The highest BCUT2D eigenvalue weighted by Gasteiger charge is 2.33. The lowest BCUT2D eigenvalue weighted by atomic mass is 9.89. The molecule has 0 aromatic rings. The van der Waals surface area contributed by atoms with Crippen molar-refractivity contribution in [2.24, 2.45) is 0 Å². The van der Waals surface area contributed by atoms with E-state index < -0.39 is 5.60 Å². The molecule has 4 nitrogen and oxygen atoms in total. The molecule has 0 spiro atoms. The highest BCUT2D eigenvalue weighted by Crippen LogP contribution is 2.22. The first kappa shape index (κ1) is 11.3. The van der Waals surface area contributed by atoms with E-state index >= 15 is 0 Å². The highest BCUT2D eigenvalue weighted by molar-refractivity contribution is 5.68. The SMILES string of the molecule is CO[C@H]1CCC1NC(=O)OC(C)(C)C. The van der Waals surface area contributed by atoms with Crippen LogP contribution >= 0.6 is 0 Å². The largest absolute Gasteiger partial charge is 0.444 e. The number of hydrogen-bond donors (Lipinski definition) is 1. The van der Waals surface area contributed by atoms with E-state index in [1.807, 2.05) is 20.8 Å². The van der Waals surface area contributed by atoms with Gasteiger partial charge in [0.15, 0.2) is 0 Å². The van der Waals surface area contributed by atoms with Gasteiger partial charge in [-0.1, -0.05) is 0 Å². The summed E-state index contributed by atoms with van der Waals surface area (Å²) in [6.45, 7) is 5.55. The lowest BCUT2D eigenvalue weighted by Gasteiger charge is -2.36. The van der Waals surface area contributed by atoms with E-state index in [-0.39, 0.29) is 18.2 Å². The van der Waals surface area contributed by atoms with Crippen LogP contribution in [0.5, 0.6) is 0 Å². The summed E-state index contributed by atoms with van der Waals surface area (Å²) in [7, 11) is 1.66. The van der Waals surface area contributed by atoms with Crippen molar-refractivity contribution in [3.8, 4) is 0 Å². The second-order valence-corrected chi connectivity index (χ2v) is 4.60. The maximum Gasteiger partial charge on any atom is 0.407 e. The van der Waals surface area contributed by atoms with E-state index in [4.69, 9.17) is 9.47 Å². The standard InChI is InChI=1S/C10H19NO3/c1-10(2,3)14-9(12)11-7-5-6-8(7)13-4/h7-8H,5-6H2,1-4H3,(H,11,12)/t7?,8-/m0/s1. The summed E-state index contributed by atoms with van der Waals surface area (Å²) < 4.78 is 10.3. The molecule has 1 N–H and O–H groups in total. The Balaban J connectivity index is 2.27. The lowest BCUT2D eigenvalue weighted by Crippen LogP contribution is -2.52. The third-order valence-corrected chi connectivity index (χ3v) is 2.22. The van der Waals surface area contributed by atoms with Crippen LogP contribution in [-0.2, 0) is 9.47 Å². The third-order valence-electron chi connectivity index (χ3n) is 2.22. The van der Waals surface area contributed by atoms with Crippen molar-refractivity contribution >= 4 is 6.09 Å². The van der Waals surface area contributed by atoms with Crippen molar-refractivity contribution in [1.29, 1.82) is 0 Å². The van der Waals surface area contributed by atoms with Crippen LogP contribution in [0.2, 0.25) is 0 Å². The van der Waals surface area contributed by atoms with Gasteiger partial charge in [-0.25, -0.2) is 4.79 Å². The summed E-state index contributed by atoms with van der Waals surface area (Å²) in [6.07, 6.45) is 1.78. The van der Waals surface area contributed by atoms with Crippen molar-refractivity contribution in [3.05, 3.63) is 0 Å². The van der Waals surface area contributed by atoms with E-state index in [9.17, 15) is 4.79 Å². The fraction of sp³-hybridized carbons (Fsp3) is 0.900. The highest BCUT2D eigenvalue weighted by atomic mass is 16.6. The summed E-state index contributed by atoms with van der Waals surface area (Å²) in [5.74, 6) is 0. The van der Waals surface area contributed by atoms with Gasteiger partial charge in [-0.05, 0) is 33.6 Å². The average molecular weight is 201 g/mol. The average Bonchev–Trinajstić information content (AvgIpc) is 1.96. The number of alkyl carbamates (subject to hydrolysis) is 1. The zero-order valence-corrected chi connectivity index (χ0v) is 9.29. The molecule has 0 aromatic carbocycles. The predicted octanol–water partition coefficient (Wildman–Crippen LogP) is 1.69. The lowest BCUT2D eigenvalue weighted by molar-refractivity contribution is -0.00381. The van der Waals surface area contributed by atoms with Gasteiger partial charge in [-0.2, -0.15) is 0 Å². The van der Waals surface area contributed by atoms with E-state index in [1.54, 1.807) is 7.11 Å². The maximum atomic E-state index is 11.3. The molecule has 2 atom stereocenters. The number of hydrogen-bond acceptors (Lipinski definition) is 3. The normalized spacial score (nSPS) is 26.6. The Morgan fingerprint density at radius 2 is 2.00 bits per heavy atom. The minimum Gasteiger partial charge on any atom is -0.444 e. The monoisotopic (exact) mass is 201 g/mol. The molecule has 0 radical (unpaired) electrons. The van der Waals surface area contributed by atoms with Gasteiger partial charge < -0.3 is 14.8 Å². The van der Waals surface area contributed by atoms with Gasteiger partial charge in [0, 0.05) is 7.11 Å². The fourth-order valence-corrected chi connectivity index (χ4v) is 1.38. The van der Waals surface area contributed by atoms with Crippen molar-refractivity contribution in [3.63, 3.8) is 0 Å². The summed E-state index contributed by atoms with van der Waals surface area (Å²) in [5, 5.41) is 2.79. The fourth-order valence-electron chi connectivity index (χ4n) is 1.38. The molecule has 14 heavy (non-hydrogen) atoms. The van der Waals surface area contributed by atoms with E-state index in [0.29, 0.717) is 0 Å². The maximum absolute atomic E-state index is 11.3. The quantitative estimate of drug-likeness (QED) is 0.739. The minimum atomic E-state index is -0.434. The molecule has 1 aliphatic rings. The van der Waals surface area contributed by atoms with Crippen LogP contribution in [-0.4, -0.2) is 30.9 Å². The van der Waals surface area contributed by atoms with Gasteiger partial charge in [-0.3, -0.25) is 0 Å². The van der Waals surface area contributed by atoms with Gasteiger partial charge >= 0.3 is 6.09 Å². The van der Waals surface area contributed by atoms with E-state index in [2.05, 4.69) is 5.32 Å². The van der Waals surface area contributed by atoms with E-state index in [0.717, 1.165) is 12.8 Å². The summed E-state index contributed by atoms with van der Waals surface area (Å²) in [5.41, 5.74) is -0.434. The Morgan fingerprint density at radius 3 is 2.36 bits per heavy atom. The Morgan fingerprint density at radius 1 is 1.36 bits per heavy atom. The molecular weight excluding hydrogens is 182 g/mol. The van der Waals surface area contributed by atoms with Crippen molar-refractivity contribution < 1.29 is 14.3 Å². The van der Waals surface area contributed by atoms with Gasteiger partial charge in [0.05, 0.1) is 12.1 Å². The Bertz CT molecular complexity index is 208. The molecule has 1 unspecified atom stereocenters. The molecule has 82 valence electrons. The number of nitrogens with one attached hydrogen (secondary N) is 1. The molecule has 0 saturated heterocycles. The summed E-state index contributed by atoms with van der Waals surface area (Å²) >= 11 is 0. The minimum absolute atomic E-state index is 0.120. The van der Waals surface area contributed by atoms with Gasteiger partial charge in [0.2, 0.25) is 0 Å². The number of rotatable bonds is 2. The van der Waals surface area contributed by atoms with Crippen LogP contribution in [0, 0.1) is 0 Å².